The number of rotatable bonds is 3. The highest BCUT2D eigenvalue weighted by Gasteiger charge is 2.24. The molecule has 2 rings (SSSR count). The third-order valence-electron chi connectivity index (χ3n) is 3.07. The van der Waals surface area contributed by atoms with Crippen molar-refractivity contribution in [1.29, 1.82) is 0 Å². The number of nitrogens with two attached hydrogens (primary N) is 1. The van der Waals surface area contributed by atoms with Gasteiger partial charge in [0, 0.05) is 25.2 Å². The predicted octanol–water partition coefficient (Wildman–Crippen LogP) is -0.0214. The van der Waals surface area contributed by atoms with E-state index in [0.717, 1.165) is 5.56 Å². The van der Waals surface area contributed by atoms with Gasteiger partial charge in [-0.3, -0.25) is 4.79 Å². The third kappa shape index (κ3) is 2.87. The minimum Gasteiger partial charge on any atom is -0.394 e. The summed E-state index contributed by atoms with van der Waals surface area (Å²) in [6.45, 7) is 1.88. The SMILES string of the molecule is NCc1ccc(C(=O)N2CCOC(CO)C2)cc1. The topological polar surface area (TPSA) is 75.8 Å². The zero-order chi connectivity index (χ0) is 13.0. The van der Waals surface area contributed by atoms with Gasteiger partial charge in [-0.15, -0.1) is 0 Å². The first-order chi connectivity index (χ1) is 8.74. The van der Waals surface area contributed by atoms with Gasteiger partial charge in [-0.25, -0.2) is 0 Å². The van der Waals surface area contributed by atoms with Crippen LogP contribution in [0.4, 0.5) is 0 Å². The predicted molar refractivity (Wildman–Crippen MR) is 67.1 cm³/mol. The van der Waals surface area contributed by atoms with Crippen molar-refractivity contribution in [3.8, 4) is 0 Å². The molecule has 0 aromatic heterocycles. The molecule has 0 radical (unpaired) electrons. The van der Waals surface area contributed by atoms with E-state index in [1.54, 1.807) is 17.0 Å². The molecule has 1 aromatic carbocycles. The van der Waals surface area contributed by atoms with Crippen molar-refractivity contribution < 1.29 is 14.6 Å². The summed E-state index contributed by atoms with van der Waals surface area (Å²) in [6, 6.07) is 7.29. The Morgan fingerprint density at radius 3 is 2.78 bits per heavy atom. The van der Waals surface area contributed by atoms with Gasteiger partial charge in [0.15, 0.2) is 0 Å². The molecule has 1 saturated heterocycles. The molecule has 1 aromatic rings. The Morgan fingerprint density at radius 1 is 1.44 bits per heavy atom. The number of aliphatic hydroxyl groups excluding tert-OH is 1. The molecule has 0 spiro atoms. The molecule has 1 heterocycles. The minimum atomic E-state index is -0.272. The second kappa shape index (κ2) is 5.95. The molecular weight excluding hydrogens is 232 g/mol. The van der Waals surface area contributed by atoms with Gasteiger partial charge < -0.3 is 20.5 Å². The van der Waals surface area contributed by atoms with Crippen LogP contribution in [0.25, 0.3) is 0 Å². The van der Waals surface area contributed by atoms with E-state index < -0.39 is 0 Å². The maximum atomic E-state index is 12.2. The number of amides is 1. The maximum Gasteiger partial charge on any atom is 0.254 e. The van der Waals surface area contributed by atoms with E-state index in [-0.39, 0.29) is 18.6 Å². The first-order valence-corrected chi connectivity index (χ1v) is 6.05. The van der Waals surface area contributed by atoms with Crippen LogP contribution in [-0.2, 0) is 11.3 Å². The second-order valence-corrected chi connectivity index (χ2v) is 4.33. The van der Waals surface area contributed by atoms with Crippen LogP contribution in [0, 0.1) is 0 Å². The number of carbonyl (C=O) groups is 1. The summed E-state index contributed by atoms with van der Waals surface area (Å²) in [7, 11) is 0. The van der Waals surface area contributed by atoms with E-state index in [0.29, 0.717) is 31.8 Å². The van der Waals surface area contributed by atoms with Crippen molar-refractivity contribution in [3.63, 3.8) is 0 Å². The zero-order valence-electron chi connectivity index (χ0n) is 10.2. The van der Waals surface area contributed by atoms with Gasteiger partial charge in [-0.1, -0.05) is 12.1 Å². The Kier molecular flexibility index (Phi) is 4.30. The average Bonchev–Trinajstić information content (AvgIpc) is 2.46. The number of ether oxygens (including phenoxy) is 1. The Hall–Kier alpha value is -1.43. The average molecular weight is 250 g/mol. The monoisotopic (exact) mass is 250 g/mol. The van der Waals surface area contributed by atoms with Gasteiger partial charge in [-0.2, -0.15) is 0 Å². The van der Waals surface area contributed by atoms with Crippen molar-refractivity contribution in [1.82, 2.24) is 4.90 Å². The van der Waals surface area contributed by atoms with Crippen LogP contribution in [0.2, 0.25) is 0 Å². The van der Waals surface area contributed by atoms with E-state index in [4.69, 9.17) is 15.6 Å². The highest BCUT2D eigenvalue weighted by molar-refractivity contribution is 5.94. The van der Waals surface area contributed by atoms with Gasteiger partial charge in [0.2, 0.25) is 0 Å². The van der Waals surface area contributed by atoms with E-state index in [2.05, 4.69) is 0 Å². The molecule has 1 aliphatic heterocycles. The Labute approximate surface area is 106 Å². The van der Waals surface area contributed by atoms with Crippen LogP contribution >= 0.6 is 0 Å². The van der Waals surface area contributed by atoms with Crippen molar-refractivity contribution in [3.05, 3.63) is 35.4 Å². The summed E-state index contributed by atoms with van der Waals surface area (Å²) in [6.07, 6.45) is -0.272. The lowest BCUT2D eigenvalue weighted by atomic mass is 10.1. The number of nitrogens with zero attached hydrogens (tertiary/aromatic N) is 1. The summed E-state index contributed by atoms with van der Waals surface area (Å²) < 4.78 is 5.32. The Balaban J connectivity index is 2.05. The smallest absolute Gasteiger partial charge is 0.254 e. The van der Waals surface area contributed by atoms with Crippen LogP contribution in [0.1, 0.15) is 15.9 Å². The molecule has 0 saturated carbocycles. The molecular formula is C13H18N2O3. The summed E-state index contributed by atoms with van der Waals surface area (Å²) in [5, 5.41) is 9.05. The number of morpholine rings is 1. The summed E-state index contributed by atoms with van der Waals surface area (Å²) in [5.41, 5.74) is 7.16. The largest absolute Gasteiger partial charge is 0.394 e. The summed E-state index contributed by atoms with van der Waals surface area (Å²) >= 11 is 0. The lowest BCUT2D eigenvalue weighted by molar-refractivity contribution is -0.0447. The zero-order valence-corrected chi connectivity index (χ0v) is 10.2. The fourth-order valence-corrected chi connectivity index (χ4v) is 1.98. The molecule has 1 amide bonds. The van der Waals surface area contributed by atoms with Gasteiger partial charge in [0.25, 0.3) is 5.91 Å². The standard InChI is InChI=1S/C13H18N2O3/c14-7-10-1-3-11(4-2-10)13(17)15-5-6-18-12(8-15)9-16/h1-4,12,16H,5-9,14H2. The van der Waals surface area contributed by atoms with Gasteiger partial charge in [0.1, 0.15) is 0 Å². The molecule has 5 nitrogen and oxygen atoms in total. The highest BCUT2D eigenvalue weighted by atomic mass is 16.5. The second-order valence-electron chi connectivity index (χ2n) is 4.33. The molecule has 1 atom stereocenters. The molecule has 1 unspecified atom stereocenters. The van der Waals surface area contributed by atoms with E-state index in [9.17, 15) is 4.79 Å². The number of carbonyl (C=O) groups excluding carboxylic acids is 1. The molecule has 5 heteroatoms. The van der Waals surface area contributed by atoms with Crippen LogP contribution in [-0.4, -0.2) is 48.3 Å². The normalized spacial score (nSPS) is 19.9. The van der Waals surface area contributed by atoms with Crippen molar-refractivity contribution in [2.24, 2.45) is 5.73 Å². The van der Waals surface area contributed by atoms with Crippen molar-refractivity contribution in [2.45, 2.75) is 12.6 Å². The molecule has 1 fully saturated rings. The van der Waals surface area contributed by atoms with Crippen LogP contribution in [0.15, 0.2) is 24.3 Å². The van der Waals surface area contributed by atoms with Crippen molar-refractivity contribution >= 4 is 5.91 Å². The molecule has 1 aliphatic rings. The first kappa shape index (κ1) is 13.0. The first-order valence-electron chi connectivity index (χ1n) is 6.05. The van der Waals surface area contributed by atoms with Gasteiger partial charge in [0.05, 0.1) is 19.3 Å². The summed E-state index contributed by atoms with van der Waals surface area (Å²) in [5.74, 6) is -0.0275. The van der Waals surface area contributed by atoms with Crippen LogP contribution in [0.3, 0.4) is 0 Å². The van der Waals surface area contributed by atoms with Gasteiger partial charge >= 0.3 is 0 Å². The fourth-order valence-electron chi connectivity index (χ4n) is 1.98. The molecule has 0 aliphatic carbocycles. The van der Waals surface area contributed by atoms with Crippen LogP contribution < -0.4 is 5.73 Å². The van der Waals surface area contributed by atoms with E-state index in [1.807, 2.05) is 12.1 Å². The van der Waals surface area contributed by atoms with Crippen LogP contribution in [0.5, 0.6) is 0 Å². The molecule has 98 valence electrons. The maximum absolute atomic E-state index is 12.2. The Bertz CT molecular complexity index is 405. The number of hydrogen-bond acceptors (Lipinski definition) is 4. The quantitative estimate of drug-likeness (QED) is 0.790. The summed E-state index contributed by atoms with van der Waals surface area (Å²) in [4.78, 5) is 13.9. The van der Waals surface area contributed by atoms with Gasteiger partial charge in [-0.05, 0) is 17.7 Å². The number of hydrogen-bond donors (Lipinski definition) is 2. The lowest BCUT2D eigenvalue weighted by Gasteiger charge is -2.32. The Morgan fingerprint density at radius 2 is 2.17 bits per heavy atom. The molecule has 3 N–H and O–H groups in total. The number of benzene rings is 1. The van der Waals surface area contributed by atoms with Crippen molar-refractivity contribution in [2.75, 3.05) is 26.3 Å². The molecule has 0 bridgehead atoms. The van der Waals surface area contributed by atoms with E-state index >= 15 is 0 Å². The lowest BCUT2D eigenvalue weighted by Crippen LogP contribution is -2.46. The molecule has 18 heavy (non-hydrogen) atoms. The van der Waals surface area contributed by atoms with E-state index in [1.165, 1.54) is 0 Å². The minimum absolute atomic E-state index is 0.0275. The fraction of sp³-hybridized carbons (Fsp3) is 0.462. The highest BCUT2D eigenvalue weighted by Crippen LogP contribution is 2.11. The third-order valence-corrected chi connectivity index (χ3v) is 3.07. The number of aliphatic hydroxyl groups is 1.